The Morgan fingerprint density at radius 3 is 2.30 bits per heavy atom. The molecule has 0 saturated carbocycles. The van der Waals surface area contributed by atoms with E-state index < -0.39 is 12.1 Å². The standard InChI is InChI=1S/C16H16F3N3O/c1-10-3-6-14(22-21-10)9-15(23)20-13-7-4-12(5-8-13)11(2)16(17,18)19/h3-8,11H,9H2,1-2H3,(H,20,23). The van der Waals surface area contributed by atoms with E-state index >= 15 is 0 Å². The molecule has 4 nitrogen and oxygen atoms in total. The molecule has 7 heteroatoms. The maximum atomic E-state index is 12.6. The lowest BCUT2D eigenvalue weighted by Crippen LogP contribution is -2.18. The molecule has 1 amide bonds. The number of amides is 1. The van der Waals surface area contributed by atoms with Crippen LogP contribution in [0.4, 0.5) is 18.9 Å². The lowest BCUT2D eigenvalue weighted by Gasteiger charge is -2.16. The van der Waals surface area contributed by atoms with E-state index in [2.05, 4.69) is 15.5 Å². The molecule has 122 valence electrons. The number of rotatable bonds is 4. The molecule has 1 atom stereocenters. The van der Waals surface area contributed by atoms with Crippen LogP contribution in [0, 0.1) is 6.92 Å². The summed E-state index contributed by atoms with van der Waals surface area (Å²) in [6.45, 7) is 2.89. The molecule has 1 aromatic heterocycles. The van der Waals surface area contributed by atoms with Gasteiger partial charge in [0.15, 0.2) is 0 Å². The second-order valence-electron chi connectivity index (χ2n) is 5.28. The third kappa shape index (κ3) is 4.77. The highest BCUT2D eigenvalue weighted by Gasteiger charge is 2.36. The predicted molar refractivity (Wildman–Crippen MR) is 80.0 cm³/mol. The van der Waals surface area contributed by atoms with Crippen molar-refractivity contribution in [3.63, 3.8) is 0 Å². The van der Waals surface area contributed by atoms with Gasteiger partial charge in [0.2, 0.25) is 5.91 Å². The van der Waals surface area contributed by atoms with Crippen molar-refractivity contribution >= 4 is 11.6 Å². The van der Waals surface area contributed by atoms with E-state index in [1.54, 1.807) is 19.1 Å². The molecule has 0 aliphatic heterocycles. The van der Waals surface area contributed by atoms with Crippen LogP contribution in [0.15, 0.2) is 36.4 Å². The van der Waals surface area contributed by atoms with Crippen molar-refractivity contribution in [1.29, 1.82) is 0 Å². The van der Waals surface area contributed by atoms with Crippen LogP contribution in [-0.2, 0) is 11.2 Å². The second-order valence-corrected chi connectivity index (χ2v) is 5.28. The minimum atomic E-state index is -4.28. The number of carbonyl (C=O) groups excluding carboxylic acids is 1. The van der Waals surface area contributed by atoms with Crippen LogP contribution in [0.3, 0.4) is 0 Å². The zero-order valence-corrected chi connectivity index (χ0v) is 12.7. The Labute approximate surface area is 131 Å². The molecular weight excluding hydrogens is 307 g/mol. The average Bonchev–Trinajstić information content (AvgIpc) is 2.49. The number of hydrogen-bond acceptors (Lipinski definition) is 3. The van der Waals surface area contributed by atoms with E-state index in [1.165, 1.54) is 24.3 Å². The first-order chi connectivity index (χ1) is 10.8. The highest BCUT2D eigenvalue weighted by atomic mass is 19.4. The van der Waals surface area contributed by atoms with Crippen molar-refractivity contribution in [1.82, 2.24) is 10.2 Å². The van der Waals surface area contributed by atoms with Gasteiger partial charge in [-0.25, -0.2) is 0 Å². The van der Waals surface area contributed by atoms with Crippen molar-refractivity contribution in [2.45, 2.75) is 32.4 Å². The van der Waals surface area contributed by atoms with Gasteiger partial charge in [-0.15, -0.1) is 0 Å². The molecule has 0 fully saturated rings. The molecule has 0 spiro atoms. The Morgan fingerprint density at radius 1 is 1.13 bits per heavy atom. The fourth-order valence-corrected chi connectivity index (χ4v) is 1.93. The Hall–Kier alpha value is -2.44. The van der Waals surface area contributed by atoms with Crippen LogP contribution in [0.1, 0.15) is 29.8 Å². The minimum absolute atomic E-state index is 0.0496. The number of hydrogen-bond donors (Lipinski definition) is 1. The van der Waals surface area contributed by atoms with Gasteiger partial charge in [-0.3, -0.25) is 4.79 Å². The molecule has 0 bridgehead atoms. The first-order valence-electron chi connectivity index (χ1n) is 7.01. The lowest BCUT2D eigenvalue weighted by atomic mass is 10.0. The molecule has 1 aromatic carbocycles. The first-order valence-corrected chi connectivity index (χ1v) is 7.01. The van der Waals surface area contributed by atoms with Crippen molar-refractivity contribution < 1.29 is 18.0 Å². The number of nitrogens with zero attached hydrogens (tertiary/aromatic N) is 2. The molecular formula is C16H16F3N3O. The van der Waals surface area contributed by atoms with Gasteiger partial charge in [0.25, 0.3) is 0 Å². The highest BCUT2D eigenvalue weighted by Crippen LogP contribution is 2.34. The van der Waals surface area contributed by atoms with E-state index in [-0.39, 0.29) is 17.9 Å². The summed E-state index contributed by atoms with van der Waals surface area (Å²) < 4.78 is 37.9. The monoisotopic (exact) mass is 323 g/mol. The van der Waals surface area contributed by atoms with Gasteiger partial charge in [-0.05, 0) is 43.7 Å². The maximum Gasteiger partial charge on any atom is 0.395 e. The van der Waals surface area contributed by atoms with Gasteiger partial charge in [-0.2, -0.15) is 23.4 Å². The lowest BCUT2D eigenvalue weighted by molar-refractivity contribution is -0.146. The van der Waals surface area contributed by atoms with Crippen LogP contribution >= 0.6 is 0 Å². The quantitative estimate of drug-likeness (QED) is 0.935. The number of anilines is 1. The van der Waals surface area contributed by atoms with Crippen LogP contribution < -0.4 is 5.32 Å². The van der Waals surface area contributed by atoms with E-state index in [4.69, 9.17) is 0 Å². The third-order valence-electron chi connectivity index (χ3n) is 3.38. The molecule has 23 heavy (non-hydrogen) atoms. The number of halogens is 3. The van der Waals surface area contributed by atoms with Crippen molar-refractivity contribution in [3.8, 4) is 0 Å². The molecule has 0 aliphatic rings. The fourth-order valence-electron chi connectivity index (χ4n) is 1.93. The number of benzene rings is 1. The summed E-state index contributed by atoms with van der Waals surface area (Å²) in [5.74, 6) is -1.85. The smallest absolute Gasteiger partial charge is 0.326 e. The zero-order chi connectivity index (χ0) is 17.0. The normalized spacial score (nSPS) is 12.7. The van der Waals surface area contributed by atoms with E-state index in [0.717, 1.165) is 12.6 Å². The van der Waals surface area contributed by atoms with Gasteiger partial charge in [-0.1, -0.05) is 12.1 Å². The Kier molecular flexibility index (Phi) is 4.98. The van der Waals surface area contributed by atoms with Gasteiger partial charge in [0, 0.05) is 5.69 Å². The summed E-state index contributed by atoms with van der Waals surface area (Å²) in [7, 11) is 0. The Morgan fingerprint density at radius 2 is 1.78 bits per heavy atom. The Balaban J connectivity index is 1.98. The molecule has 2 aromatic rings. The van der Waals surface area contributed by atoms with Crippen LogP contribution in [0.25, 0.3) is 0 Å². The summed E-state index contributed by atoms with van der Waals surface area (Å²) in [6.07, 6.45) is -4.23. The number of aryl methyl sites for hydroxylation is 1. The fraction of sp³-hybridized carbons (Fsp3) is 0.312. The molecule has 2 rings (SSSR count). The first kappa shape index (κ1) is 16.9. The largest absolute Gasteiger partial charge is 0.395 e. The maximum absolute atomic E-state index is 12.6. The van der Waals surface area contributed by atoms with Crippen molar-refractivity contribution in [2.75, 3.05) is 5.32 Å². The summed E-state index contributed by atoms with van der Waals surface area (Å²) in [5.41, 5.74) is 1.87. The van der Waals surface area contributed by atoms with Gasteiger partial charge in [0.1, 0.15) is 0 Å². The van der Waals surface area contributed by atoms with Gasteiger partial charge in [0.05, 0.1) is 23.7 Å². The molecule has 1 unspecified atom stereocenters. The Bertz CT molecular complexity index is 666. The second kappa shape index (κ2) is 6.76. The van der Waals surface area contributed by atoms with Crippen LogP contribution in [-0.4, -0.2) is 22.3 Å². The van der Waals surface area contributed by atoms with E-state index in [9.17, 15) is 18.0 Å². The van der Waals surface area contributed by atoms with E-state index in [1.807, 2.05) is 0 Å². The minimum Gasteiger partial charge on any atom is -0.326 e. The summed E-state index contributed by atoms with van der Waals surface area (Å²) in [5, 5.41) is 10.4. The van der Waals surface area contributed by atoms with Crippen LogP contribution in [0.5, 0.6) is 0 Å². The van der Waals surface area contributed by atoms with Gasteiger partial charge < -0.3 is 5.32 Å². The third-order valence-corrected chi connectivity index (χ3v) is 3.38. The van der Waals surface area contributed by atoms with Gasteiger partial charge >= 0.3 is 6.18 Å². The zero-order valence-electron chi connectivity index (χ0n) is 12.7. The topological polar surface area (TPSA) is 54.9 Å². The number of aromatic nitrogens is 2. The number of nitrogens with one attached hydrogen (secondary N) is 1. The molecule has 0 saturated heterocycles. The SMILES string of the molecule is Cc1ccc(CC(=O)Nc2ccc(C(C)C(F)(F)F)cc2)nn1. The summed E-state index contributed by atoms with van der Waals surface area (Å²) in [4.78, 5) is 11.9. The molecule has 0 aliphatic carbocycles. The van der Waals surface area contributed by atoms with Crippen molar-refractivity contribution in [3.05, 3.63) is 53.3 Å². The molecule has 0 radical (unpaired) electrons. The predicted octanol–water partition coefficient (Wildman–Crippen LogP) is 3.63. The number of carbonyl (C=O) groups is 1. The summed E-state index contributed by atoms with van der Waals surface area (Å²) in [6, 6.07) is 9.09. The average molecular weight is 323 g/mol. The van der Waals surface area contributed by atoms with Crippen molar-refractivity contribution in [2.24, 2.45) is 0 Å². The molecule has 1 N–H and O–H groups in total. The highest BCUT2D eigenvalue weighted by molar-refractivity contribution is 5.91. The summed E-state index contributed by atoms with van der Waals surface area (Å²) >= 11 is 0. The molecule has 1 heterocycles. The van der Waals surface area contributed by atoms with E-state index in [0.29, 0.717) is 11.4 Å². The number of alkyl halides is 3. The van der Waals surface area contributed by atoms with Crippen LogP contribution in [0.2, 0.25) is 0 Å².